The maximum absolute atomic E-state index is 11.2. The molecule has 7 heteroatoms. The van der Waals surface area contributed by atoms with Crippen LogP contribution in [0, 0.1) is 0 Å². The Kier molecular flexibility index (Phi) is 4.54. The van der Waals surface area contributed by atoms with E-state index in [0.717, 1.165) is 42.3 Å². The normalized spacial score (nSPS) is 16.4. The third kappa shape index (κ3) is 3.44. The largest absolute Gasteiger partial charge is 0.302 e. The van der Waals surface area contributed by atoms with E-state index in [4.69, 9.17) is 0 Å². The molecule has 1 aliphatic rings. The molecule has 1 unspecified atom stereocenters. The number of benzene rings is 1. The fourth-order valence-corrected chi connectivity index (χ4v) is 5.02. The maximum Gasteiger partial charge on any atom is 0.223 e. The van der Waals surface area contributed by atoms with Gasteiger partial charge in [0.05, 0.1) is 21.4 Å². The van der Waals surface area contributed by atoms with Crippen LogP contribution in [0.4, 0.5) is 5.13 Å². The van der Waals surface area contributed by atoms with Crippen molar-refractivity contribution in [3.05, 3.63) is 39.8 Å². The molecule has 130 valence electrons. The zero-order chi connectivity index (χ0) is 17.4. The number of nitrogens with zero attached hydrogens (tertiary/aromatic N) is 3. The average molecular weight is 373 g/mol. The summed E-state index contributed by atoms with van der Waals surface area (Å²) in [5, 5.41) is 3.54. The Hall–Kier alpha value is -1.83. The molecule has 1 N–H and O–H groups in total. The van der Waals surface area contributed by atoms with E-state index in [2.05, 4.69) is 45.3 Å². The number of rotatable bonds is 3. The molecule has 0 fully saturated rings. The average Bonchev–Trinajstić information content (AvgIpc) is 3.15. The van der Waals surface area contributed by atoms with Gasteiger partial charge >= 0.3 is 0 Å². The summed E-state index contributed by atoms with van der Waals surface area (Å²) in [6.07, 6.45) is 1.91. The highest BCUT2D eigenvalue weighted by Gasteiger charge is 2.22. The van der Waals surface area contributed by atoms with Crippen LogP contribution in [-0.4, -0.2) is 33.9 Å². The Bertz CT molecular complexity index is 891. The van der Waals surface area contributed by atoms with Crippen LogP contribution in [0.25, 0.3) is 10.2 Å². The summed E-state index contributed by atoms with van der Waals surface area (Å²) < 4.78 is 1.24. The van der Waals surface area contributed by atoms with E-state index in [-0.39, 0.29) is 5.91 Å². The lowest BCUT2D eigenvalue weighted by atomic mass is 10.1. The van der Waals surface area contributed by atoms with Crippen LogP contribution in [0.1, 0.15) is 36.0 Å². The second kappa shape index (κ2) is 6.82. The lowest BCUT2D eigenvalue weighted by Crippen LogP contribution is -2.29. The summed E-state index contributed by atoms with van der Waals surface area (Å²) >= 11 is 3.29. The molecule has 25 heavy (non-hydrogen) atoms. The highest BCUT2D eigenvalue weighted by atomic mass is 32.1. The Morgan fingerprint density at radius 1 is 1.32 bits per heavy atom. The van der Waals surface area contributed by atoms with Crippen molar-refractivity contribution in [2.24, 2.45) is 0 Å². The van der Waals surface area contributed by atoms with Crippen LogP contribution in [0.3, 0.4) is 0 Å². The minimum Gasteiger partial charge on any atom is -0.302 e. The number of thiazole rings is 2. The highest BCUT2D eigenvalue weighted by Crippen LogP contribution is 2.30. The number of amides is 1. The van der Waals surface area contributed by atoms with E-state index >= 15 is 0 Å². The lowest BCUT2D eigenvalue weighted by molar-refractivity contribution is -0.114. The number of carbonyl (C=O) groups is 1. The predicted molar refractivity (Wildman–Crippen MR) is 103 cm³/mol. The fraction of sp³-hybridized carbons (Fsp3) is 0.389. The predicted octanol–water partition coefficient (Wildman–Crippen LogP) is 3.87. The second-order valence-electron chi connectivity index (χ2n) is 6.36. The minimum atomic E-state index is -0.0587. The molecule has 0 saturated heterocycles. The molecule has 0 bridgehead atoms. The highest BCUT2D eigenvalue weighted by molar-refractivity contribution is 7.16. The van der Waals surface area contributed by atoms with E-state index in [0.29, 0.717) is 6.04 Å². The molecule has 3 heterocycles. The SMILES string of the molecule is CC(=O)Nc1nc2c(s1)CCN(C(C)c1ccc3scnc3c1)CC2. The number of fused-ring (bicyclic) bond motifs is 2. The summed E-state index contributed by atoms with van der Waals surface area (Å²) in [6, 6.07) is 6.97. The van der Waals surface area contributed by atoms with E-state index in [9.17, 15) is 4.79 Å². The monoisotopic (exact) mass is 372 g/mol. The molecule has 3 aromatic rings. The van der Waals surface area contributed by atoms with Crippen LogP contribution in [0.15, 0.2) is 23.7 Å². The summed E-state index contributed by atoms with van der Waals surface area (Å²) in [5.74, 6) is -0.0587. The first-order chi connectivity index (χ1) is 12.1. The minimum absolute atomic E-state index is 0.0587. The topological polar surface area (TPSA) is 58.1 Å². The van der Waals surface area contributed by atoms with Crippen molar-refractivity contribution in [1.29, 1.82) is 0 Å². The molecule has 0 spiro atoms. The first kappa shape index (κ1) is 16.6. The third-order valence-corrected chi connectivity index (χ3v) is 6.59. The van der Waals surface area contributed by atoms with Crippen molar-refractivity contribution in [2.75, 3.05) is 18.4 Å². The van der Waals surface area contributed by atoms with Crippen LogP contribution >= 0.6 is 22.7 Å². The van der Waals surface area contributed by atoms with E-state index < -0.39 is 0 Å². The van der Waals surface area contributed by atoms with Gasteiger partial charge in [-0.15, -0.1) is 22.7 Å². The van der Waals surface area contributed by atoms with Crippen molar-refractivity contribution >= 4 is 43.9 Å². The van der Waals surface area contributed by atoms with E-state index in [1.54, 1.807) is 22.7 Å². The molecule has 0 aliphatic carbocycles. The van der Waals surface area contributed by atoms with Gasteiger partial charge in [-0.25, -0.2) is 9.97 Å². The zero-order valence-corrected chi connectivity index (χ0v) is 15.9. The van der Waals surface area contributed by atoms with Gasteiger partial charge in [0.1, 0.15) is 0 Å². The van der Waals surface area contributed by atoms with Crippen LogP contribution < -0.4 is 5.32 Å². The Balaban J connectivity index is 1.49. The molecule has 5 nitrogen and oxygen atoms in total. The van der Waals surface area contributed by atoms with Gasteiger partial charge in [0.25, 0.3) is 0 Å². The molecule has 4 rings (SSSR count). The third-order valence-electron chi connectivity index (χ3n) is 4.71. The fourth-order valence-electron chi connectivity index (χ4n) is 3.32. The Morgan fingerprint density at radius 3 is 3.00 bits per heavy atom. The zero-order valence-electron chi connectivity index (χ0n) is 14.3. The molecule has 1 aliphatic heterocycles. The Labute approximate surface area is 154 Å². The smallest absolute Gasteiger partial charge is 0.223 e. The van der Waals surface area contributed by atoms with Crippen molar-refractivity contribution in [2.45, 2.75) is 32.7 Å². The van der Waals surface area contributed by atoms with Gasteiger partial charge in [0.2, 0.25) is 5.91 Å². The molecule has 0 radical (unpaired) electrons. The molecule has 1 amide bonds. The van der Waals surface area contributed by atoms with Crippen molar-refractivity contribution in [3.8, 4) is 0 Å². The van der Waals surface area contributed by atoms with Gasteiger partial charge in [-0.3, -0.25) is 9.69 Å². The van der Waals surface area contributed by atoms with Crippen molar-refractivity contribution in [1.82, 2.24) is 14.9 Å². The number of anilines is 1. The van der Waals surface area contributed by atoms with Crippen LogP contribution in [0.2, 0.25) is 0 Å². The van der Waals surface area contributed by atoms with Crippen LogP contribution in [-0.2, 0) is 17.6 Å². The van der Waals surface area contributed by atoms with Crippen molar-refractivity contribution in [3.63, 3.8) is 0 Å². The molecule has 2 aromatic heterocycles. The summed E-state index contributed by atoms with van der Waals surface area (Å²) in [4.78, 5) is 24.1. The number of hydrogen-bond donors (Lipinski definition) is 1. The Morgan fingerprint density at radius 2 is 2.16 bits per heavy atom. The van der Waals surface area contributed by atoms with Crippen molar-refractivity contribution < 1.29 is 4.79 Å². The van der Waals surface area contributed by atoms with Gasteiger partial charge in [0.15, 0.2) is 5.13 Å². The standard InChI is InChI=1S/C18H20N4OS2/c1-11(13-3-4-16-15(9-13)19-10-24-16)22-7-5-14-17(6-8-22)25-18(21-14)20-12(2)23/h3-4,9-11H,5-8H2,1-2H3,(H,20,21,23). The summed E-state index contributed by atoms with van der Waals surface area (Å²) in [6.45, 7) is 5.77. The molecular formula is C18H20N4OS2. The molecule has 0 saturated carbocycles. The summed E-state index contributed by atoms with van der Waals surface area (Å²) in [5.41, 5.74) is 5.44. The number of hydrogen-bond acceptors (Lipinski definition) is 6. The summed E-state index contributed by atoms with van der Waals surface area (Å²) in [7, 11) is 0. The number of aromatic nitrogens is 2. The molecular weight excluding hydrogens is 352 g/mol. The first-order valence-electron chi connectivity index (χ1n) is 8.43. The van der Waals surface area contributed by atoms with Gasteiger partial charge < -0.3 is 5.32 Å². The van der Waals surface area contributed by atoms with Gasteiger partial charge in [-0.1, -0.05) is 6.07 Å². The van der Waals surface area contributed by atoms with Gasteiger partial charge in [-0.05, 0) is 31.0 Å². The number of nitrogens with one attached hydrogen (secondary N) is 1. The lowest BCUT2D eigenvalue weighted by Gasteiger charge is -2.27. The van der Waals surface area contributed by atoms with Gasteiger partial charge in [0, 0.05) is 37.4 Å². The number of carbonyl (C=O) groups excluding carboxylic acids is 1. The molecule has 1 atom stereocenters. The maximum atomic E-state index is 11.2. The van der Waals surface area contributed by atoms with E-state index in [1.165, 1.54) is 22.1 Å². The van der Waals surface area contributed by atoms with Crippen LogP contribution in [0.5, 0.6) is 0 Å². The van der Waals surface area contributed by atoms with E-state index in [1.807, 2.05) is 5.51 Å². The molecule has 1 aromatic carbocycles. The second-order valence-corrected chi connectivity index (χ2v) is 8.33. The first-order valence-corrected chi connectivity index (χ1v) is 10.1. The van der Waals surface area contributed by atoms with Gasteiger partial charge in [-0.2, -0.15) is 0 Å². The quantitative estimate of drug-likeness (QED) is 0.758.